The second-order valence-electron chi connectivity index (χ2n) is 8.64. The highest BCUT2D eigenvalue weighted by atomic mass is 16.5. The fourth-order valence-electron chi connectivity index (χ4n) is 4.55. The Kier molecular flexibility index (Phi) is 6.18. The summed E-state index contributed by atoms with van der Waals surface area (Å²) in [5, 5.41) is 11.8. The van der Waals surface area contributed by atoms with Gasteiger partial charge in [0.15, 0.2) is 5.76 Å². The molecule has 4 rings (SSSR count). The van der Waals surface area contributed by atoms with Crippen LogP contribution in [-0.2, 0) is 9.47 Å². The lowest BCUT2D eigenvalue weighted by molar-refractivity contribution is 0.0529. The van der Waals surface area contributed by atoms with Gasteiger partial charge in [-0.3, -0.25) is 4.98 Å². The summed E-state index contributed by atoms with van der Waals surface area (Å²) in [5.74, 6) is -1.48. The molecule has 1 N–H and O–H groups in total. The number of aliphatic hydroxyl groups excluding tert-OH is 1. The van der Waals surface area contributed by atoms with Gasteiger partial charge in [-0.25, -0.2) is 9.59 Å². The second kappa shape index (κ2) is 8.95. The van der Waals surface area contributed by atoms with Gasteiger partial charge in [-0.05, 0) is 62.6 Å². The van der Waals surface area contributed by atoms with Crippen molar-refractivity contribution < 1.29 is 28.6 Å². The quantitative estimate of drug-likeness (QED) is 0.562. The number of aromatic nitrogens is 1. The van der Waals surface area contributed by atoms with E-state index in [1.807, 2.05) is 56.9 Å². The Morgan fingerprint density at radius 2 is 1.76 bits per heavy atom. The summed E-state index contributed by atoms with van der Waals surface area (Å²) in [4.78, 5) is 32.1. The van der Waals surface area contributed by atoms with E-state index in [4.69, 9.17) is 13.9 Å². The van der Waals surface area contributed by atoms with Crippen molar-refractivity contribution in [3.8, 4) is 11.3 Å². The lowest BCUT2D eigenvalue weighted by atomic mass is 9.91. The predicted molar refractivity (Wildman–Crippen MR) is 126 cm³/mol. The molecule has 0 spiro atoms. The zero-order valence-corrected chi connectivity index (χ0v) is 20.1. The Bertz CT molecular complexity index is 1250. The third-order valence-electron chi connectivity index (χ3n) is 6.28. The van der Waals surface area contributed by atoms with E-state index in [0.717, 1.165) is 11.1 Å². The van der Waals surface area contributed by atoms with Crippen LogP contribution >= 0.6 is 0 Å². The van der Waals surface area contributed by atoms with Crippen molar-refractivity contribution in [1.29, 1.82) is 0 Å². The van der Waals surface area contributed by atoms with E-state index in [1.54, 1.807) is 12.3 Å². The highest BCUT2D eigenvalue weighted by Crippen LogP contribution is 2.52. The third-order valence-corrected chi connectivity index (χ3v) is 6.28. The molecular weight excluding hydrogens is 436 g/mol. The third kappa shape index (κ3) is 3.64. The molecule has 3 aromatic rings. The molecule has 0 aliphatic carbocycles. The number of nitrogens with zero attached hydrogens (tertiary/aromatic N) is 2. The van der Waals surface area contributed by atoms with Gasteiger partial charge in [-0.1, -0.05) is 12.1 Å². The lowest BCUT2D eigenvalue weighted by Crippen LogP contribution is -2.39. The van der Waals surface area contributed by atoms with E-state index >= 15 is 0 Å². The number of fused-ring (bicyclic) bond motifs is 3. The number of aryl methyl sites for hydroxylation is 2. The molecule has 8 heteroatoms. The van der Waals surface area contributed by atoms with Gasteiger partial charge in [-0.2, -0.15) is 0 Å². The number of benzene rings is 1. The van der Waals surface area contributed by atoms with Gasteiger partial charge in [0.1, 0.15) is 23.4 Å². The standard InChI is InChI=1S/C26H28N2O6/c1-13(2)28-20(18-9-7-8-10-27-18)22(29)16-11-14(3)15(4)12-17(16)23-21(28)19(25(30)32-5)24(34-23)26(31)33-6/h7-13,20,22,29H,1-6H3/t20-,22-/m1/s1. The van der Waals surface area contributed by atoms with Gasteiger partial charge >= 0.3 is 11.9 Å². The van der Waals surface area contributed by atoms with Crippen molar-refractivity contribution in [3.05, 3.63) is 70.2 Å². The van der Waals surface area contributed by atoms with Gasteiger partial charge in [-0.15, -0.1) is 0 Å². The minimum absolute atomic E-state index is 0.0442. The molecule has 1 aromatic carbocycles. The first-order valence-electron chi connectivity index (χ1n) is 11.0. The first kappa shape index (κ1) is 23.5. The number of hydrogen-bond donors (Lipinski definition) is 1. The largest absolute Gasteiger partial charge is 0.465 e. The van der Waals surface area contributed by atoms with Crippen LogP contribution in [0.25, 0.3) is 11.3 Å². The van der Waals surface area contributed by atoms with Crippen LogP contribution in [0.2, 0.25) is 0 Å². The first-order valence-corrected chi connectivity index (χ1v) is 11.0. The fourth-order valence-corrected chi connectivity index (χ4v) is 4.55. The Labute approximate surface area is 198 Å². The number of ether oxygens (including phenoxy) is 2. The van der Waals surface area contributed by atoms with Crippen LogP contribution in [0.15, 0.2) is 40.9 Å². The number of furan rings is 1. The highest BCUT2D eigenvalue weighted by Gasteiger charge is 2.44. The van der Waals surface area contributed by atoms with Crippen molar-refractivity contribution in [2.45, 2.75) is 45.9 Å². The van der Waals surface area contributed by atoms with E-state index < -0.39 is 24.1 Å². The maximum absolute atomic E-state index is 13.0. The number of aliphatic hydroxyl groups is 1. The number of carbonyl (C=O) groups excluding carboxylic acids is 2. The average Bonchev–Trinajstić information content (AvgIpc) is 3.18. The molecule has 0 bridgehead atoms. The molecule has 0 unspecified atom stereocenters. The number of esters is 2. The highest BCUT2D eigenvalue weighted by molar-refractivity contribution is 6.09. The van der Waals surface area contributed by atoms with E-state index in [2.05, 4.69) is 4.98 Å². The predicted octanol–water partition coefficient (Wildman–Crippen LogP) is 4.53. The number of rotatable bonds is 4. The SMILES string of the molecule is COC(=O)c1oc2c(c1C(=O)OC)N(C(C)C)[C@H](c1ccccn1)[C@H](O)c1cc(C)c(C)cc1-2. The molecule has 0 amide bonds. The number of hydrogen-bond acceptors (Lipinski definition) is 8. The minimum atomic E-state index is -0.999. The van der Waals surface area contributed by atoms with Crippen LogP contribution in [0.4, 0.5) is 5.69 Å². The maximum Gasteiger partial charge on any atom is 0.374 e. The van der Waals surface area contributed by atoms with Gasteiger partial charge in [0.25, 0.3) is 0 Å². The number of pyridine rings is 1. The van der Waals surface area contributed by atoms with E-state index in [9.17, 15) is 14.7 Å². The zero-order valence-electron chi connectivity index (χ0n) is 20.1. The Hall–Kier alpha value is -3.65. The summed E-state index contributed by atoms with van der Waals surface area (Å²) in [5.41, 5.74) is 4.10. The summed E-state index contributed by atoms with van der Waals surface area (Å²) >= 11 is 0. The van der Waals surface area contributed by atoms with E-state index in [0.29, 0.717) is 28.3 Å². The van der Waals surface area contributed by atoms with E-state index in [-0.39, 0.29) is 17.4 Å². The molecule has 0 radical (unpaired) electrons. The number of methoxy groups -OCH3 is 2. The van der Waals surface area contributed by atoms with Crippen LogP contribution < -0.4 is 4.90 Å². The minimum Gasteiger partial charge on any atom is -0.465 e. The van der Waals surface area contributed by atoms with Gasteiger partial charge < -0.3 is 23.9 Å². The van der Waals surface area contributed by atoms with Crippen LogP contribution in [0.3, 0.4) is 0 Å². The summed E-state index contributed by atoms with van der Waals surface area (Å²) in [6.07, 6.45) is 0.658. The van der Waals surface area contributed by atoms with Gasteiger partial charge in [0.05, 0.1) is 19.9 Å². The van der Waals surface area contributed by atoms with Crippen LogP contribution in [-0.4, -0.2) is 42.3 Å². The van der Waals surface area contributed by atoms with Crippen molar-refractivity contribution in [2.24, 2.45) is 0 Å². The summed E-state index contributed by atoms with van der Waals surface area (Å²) in [6, 6.07) is 8.39. The van der Waals surface area contributed by atoms with Crippen LogP contribution in [0, 0.1) is 13.8 Å². The monoisotopic (exact) mass is 464 g/mol. The summed E-state index contributed by atoms with van der Waals surface area (Å²) < 4.78 is 16.0. The summed E-state index contributed by atoms with van der Waals surface area (Å²) in [6.45, 7) is 7.79. The first-order chi connectivity index (χ1) is 16.2. The van der Waals surface area contributed by atoms with Gasteiger partial charge in [0.2, 0.25) is 5.76 Å². The van der Waals surface area contributed by atoms with Crippen molar-refractivity contribution in [3.63, 3.8) is 0 Å². The smallest absolute Gasteiger partial charge is 0.374 e. The Morgan fingerprint density at radius 3 is 2.35 bits per heavy atom. The molecule has 34 heavy (non-hydrogen) atoms. The van der Waals surface area contributed by atoms with E-state index in [1.165, 1.54) is 14.2 Å². The lowest BCUT2D eigenvalue weighted by Gasteiger charge is -2.38. The summed E-state index contributed by atoms with van der Waals surface area (Å²) in [7, 11) is 2.46. The molecule has 0 saturated carbocycles. The molecule has 1 aliphatic rings. The Morgan fingerprint density at radius 1 is 1.09 bits per heavy atom. The van der Waals surface area contributed by atoms with Crippen molar-refractivity contribution in [1.82, 2.24) is 4.98 Å². The fraction of sp³-hybridized carbons (Fsp3) is 0.346. The zero-order chi connectivity index (χ0) is 24.7. The molecule has 8 nitrogen and oxygen atoms in total. The Balaban J connectivity index is 2.18. The molecule has 0 fully saturated rings. The molecule has 2 aromatic heterocycles. The molecule has 1 aliphatic heterocycles. The molecule has 178 valence electrons. The molecule has 0 saturated heterocycles. The van der Waals surface area contributed by atoms with Crippen LogP contribution in [0.1, 0.15) is 69.3 Å². The number of anilines is 1. The number of carbonyl (C=O) groups is 2. The normalized spacial score (nSPS) is 17.1. The average molecular weight is 465 g/mol. The second-order valence-corrected chi connectivity index (χ2v) is 8.64. The molecular formula is C26H28N2O6. The van der Waals surface area contributed by atoms with Crippen LogP contribution in [0.5, 0.6) is 0 Å². The topological polar surface area (TPSA) is 102 Å². The van der Waals surface area contributed by atoms with Gasteiger partial charge in [0, 0.05) is 17.8 Å². The molecule has 3 heterocycles. The maximum atomic E-state index is 13.0. The van der Waals surface area contributed by atoms with Crippen molar-refractivity contribution in [2.75, 3.05) is 19.1 Å². The molecule has 2 atom stereocenters. The van der Waals surface area contributed by atoms with Crippen molar-refractivity contribution >= 4 is 17.6 Å².